The Kier molecular flexibility index (Phi) is 7.49. The average molecular weight is 476 g/mol. The van der Waals surface area contributed by atoms with E-state index in [0.29, 0.717) is 11.3 Å². The number of phenolic OH excluding ortho intramolecular Hbond substituents is 1. The number of aromatic nitrogens is 1. The van der Waals surface area contributed by atoms with E-state index in [9.17, 15) is 9.90 Å². The first-order valence-electron chi connectivity index (χ1n) is 10.4. The van der Waals surface area contributed by atoms with Crippen molar-refractivity contribution in [3.8, 4) is 22.6 Å². The lowest BCUT2D eigenvalue weighted by Crippen LogP contribution is -2.33. The highest BCUT2D eigenvalue weighted by atomic mass is 35.5. The maximum Gasteiger partial charge on any atom is 0.176 e. The number of benzene rings is 2. The summed E-state index contributed by atoms with van der Waals surface area (Å²) in [6.07, 6.45) is 5.50. The smallest absolute Gasteiger partial charge is 0.176 e. The average Bonchev–Trinajstić information content (AvgIpc) is 2.76. The molecule has 8 heteroatoms. The molecule has 1 aliphatic rings. The van der Waals surface area contributed by atoms with Gasteiger partial charge in [-0.3, -0.25) is 9.78 Å². The zero-order chi connectivity index (χ0) is 22.1. The minimum Gasteiger partial charge on any atom is -0.503 e. The number of ketones is 1. The van der Waals surface area contributed by atoms with Crippen LogP contribution in [0, 0.1) is 0 Å². The highest BCUT2D eigenvalue weighted by Crippen LogP contribution is 2.40. The van der Waals surface area contributed by atoms with Crippen LogP contribution in [-0.4, -0.2) is 35.1 Å². The second-order valence-corrected chi connectivity index (χ2v) is 8.51. The van der Waals surface area contributed by atoms with E-state index in [0.717, 1.165) is 53.4 Å². The highest BCUT2D eigenvalue weighted by molar-refractivity contribution is 6.32. The Balaban J connectivity index is 0.00000289. The quantitative estimate of drug-likeness (QED) is 0.416. The van der Waals surface area contributed by atoms with Crippen molar-refractivity contribution >= 4 is 46.4 Å². The van der Waals surface area contributed by atoms with Crippen molar-refractivity contribution in [3.63, 3.8) is 0 Å². The molecule has 0 amide bonds. The van der Waals surface area contributed by atoms with E-state index in [-0.39, 0.29) is 41.0 Å². The molecule has 0 unspecified atom stereocenters. The predicted octanol–water partition coefficient (Wildman–Crippen LogP) is 5.58. The number of phenols is 1. The number of rotatable bonds is 5. The molecule has 4 N–H and O–H groups in total. The summed E-state index contributed by atoms with van der Waals surface area (Å²) in [4.78, 5) is 16.9. The van der Waals surface area contributed by atoms with Crippen LogP contribution in [0.4, 0.5) is 5.69 Å². The summed E-state index contributed by atoms with van der Waals surface area (Å²) < 4.78 is 5.24. The van der Waals surface area contributed by atoms with Crippen molar-refractivity contribution in [2.24, 2.45) is 5.73 Å². The zero-order valence-corrected chi connectivity index (χ0v) is 19.6. The number of hydrogen-bond donors (Lipinski definition) is 3. The fraction of sp³-hybridized carbons (Fsp3) is 0.333. The molecule has 4 rings (SSSR count). The number of carbonyl (C=O) groups is 1. The van der Waals surface area contributed by atoms with Gasteiger partial charge in [0.15, 0.2) is 17.3 Å². The number of Topliss-reactive ketones (excluding diaryl/α,β-unsaturated/α-hetero) is 1. The summed E-state index contributed by atoms with van der Waals surface area (Å²) in [6, 6.07) is 9.79. The van der Waals surface area contributed by atoms with E-state index in [1.165, 1.54) is 7.11 Å². The Bertz CT molecular complexity index is 1150. The third-order valence-electron chi connectivity index (χ3n) is 5.95. The number of pyridine rings is 1. The van der Waals surface area contributed by atoms with E-state index in [4.69, 9.17) is 22.1 Å². The number of fused-ring (bicyclic) bond motifs is 1. The predicted molar refractivity (Wildman–Crippen MR) is 132 cm³/mol. The van der Waals surface area contributed by atoms with Gasteiger partial charge in [-0.15, -0.1) is 12.4 Å². The lowest BCUT2D eigenvalue weighted by molar-refractivity contribution is 0.101. The summed E-state index contributed by atoms with van der Waals surface area (Å²) >= 11 is 6.19. The number of hydrogen-bond acceptors (Lipinski definition) is 6. The zero-order valence-electron chi connectivity index (χ0n) is 18.0. The Morgan fingerprint density at radius 3 is 2.56 bits per heavy atom. The lowest BCUT2D eigenvalue weighted by Gasteiger charge is -2.28. The molecule has 0 spiro atoms. The van der Waals surface area contributed by atoms with Gasteiger partial charge >= 0.3 is 0 Å². The molecule has 0 saturated heterocycles. The van der Waals surface area contributed by atoms with Crippen LogP contribution in [0.15, 0.2) is 36.5 Å². The number of methoxy groups -OCH3 is 1. The van der Waals surface area contributed by atoms with Gasteiger partial charge in [0.05, 0.1) is 28.9 Å². The summed E-state index contributed by atoms with van der Waals surface area (Å²) in [6.45, 7) is 1.55. The normalized spacial score (nSPS) is 18.1. The molecule has 1 saturated carbocycles. The van der Waals surface area contributed by atoms with Crippen LogP contribution in [0.5, 0.6) is 11.5 Å². The molecule has 0 aliphatic heterocycles. The molecule has 1 fully saturated rings. The first-order chi connectivity index (χ1) is 14.9. The molecule has 1 aliphatic carbocycles. The van der Waals surface area contributed by atoms with Gasteiger partial charge in [0.2, 0.25) is 0 Å². The van der Waals surface area contributed by atoms with Gasteiger partial charge < -0.3 is 20.9 Å². The van der Waals surface area contributed by atoms with Crippen molar-refractivity contribution in [1.29, 1.82) is 0 Å². The van der Waals surface area contributed by atoms with Crippen LogP contribution in [0.3, 0.4) is 0 Å². The number of nitrogens with zero attached hydrogens (tertiary/aromatic N) is 1. The molecule has 0 bridgehead atoms. The van der Waals surface area contributed by atoms with E-state index in [2.05, 4.69) is 10.3 Å². The SMILES string of the molecule is COc1cc(-c2ccc3ncc(C(C)=O)c(N[C@H]4CC[C@H](N)CC4)c3c2)cc(Cl)c1O.Cl. The summed E-state index contributed by atoms with van der Waals surface area (Å²) in [7, 11) is 1.48. The Hall–Kier alpha value is -2.54. The Morgan fingerprint density at radius 1 is 1.19 bits per heavy atom. The summed E-state index contributed by atoms with van der Waals surface area (Å²) in [5.41, 5.74) is 9.90. The standard InChI is InChI=1S/C24H26ClN3O3.ClH/c1-13(29)19-12-27-21-8-3-14(15-10-20(25)24(30)22(11-15)31-2)9-18(21)23(19)28-17-6-4-16(26)5-7-17;/h3,8-12,16-17,30H,4-7,26H2,1-2H3,(H,27,28);1H/t16-,17-;. The molecule has 32 heavy (non-hydrogen) atoms. The fourth-order valence-corrected chi connectivity index (χ4v) is 4.37. The van der Waals surface area contributed by atoms with E-state index < -0.39 is 0 Å². The maximum absolute atomic E-state index is 12.4. The largest absolute Gasteiger partial charge is 0.503 e. The van der Waals surface area contributed by atoms with Crippen LogP contribution in [0.1, 0.15) is 43.0 Å². The number of aromatic hydroxyl groups is 1. The van der Waals surface area contributed by atoms with E-state index in [1.807, 2.05) is 18.2 Å². The first-order valence-corrected chi connectivity index (χ1v) is 10.8. The van der Waals surface area contributed by atoms with Gasteiger partial charge in [-0.1, -0.05) is 17.7 Å². The van der Waals surface area contributed by atoms with Crippen LogP contribution in [-0.2, 0) is 0 Å². The van der Waals surface area contributed by atoms with Crippen LogP contribution in [0.25, 0.3) is 22.0 Å². The maximum atomic E-state index is 12.4. The van der Waals surface area contributed by atoms with E-state index >= 15 is 0 Å². The third kappa shape index (κ3) is 4.77. The second-order valence-electron chi connectivity index (χ2n) is 8.10. The summed E-state index contributed by atoms with van der Waals surface area (Å²) in [5, 5.41) is 14.7. The van der Waals surface area contributed by atoms with Gasteiger partial charge in [0.25, 0.3) is 0 Å². The minimum absolute atomic E-state index is 0. The highest BCUT2D eigenvalue weighted by Gasteiger charge is 2.22. The minimum atomic E-state index is -0.0906. The van der Waals surface area contributed by atoms with Crippen LogP contribution >= 0.6 is 24.0 Å². The molecule has 2 aromatic carbocycles. The third-order valence-corrected chi connectivity index (χ3v) is 6.24. The van der Waals surface area contributed by atoms with Crippen molar-refractivity contribution in [1.82, 2.24) is 4.98 Å². The van der Waals surface area contributed by atoms with Gasteiger partial charge in [0.1, 0.15) is 0 Å². The molecule has 3 aromatic rings. The van der Waals surface area contributed by atoms with Crippen LogP contribution in [0.2, 0.25) is 5.02 Å². The number of carbonyl (C=O) groups excluding carboxylic acids is 1. The number of nitrogens with one attached hydrogen (secondary N) is 1. The Labute approximate surface area is 198 Å². The van der Waals surface area contributed by atoms with Crippen molar-refractivity contribution in [2.75, 3.05) is 12.4 Å². The van der Waals surface area contributed by atoms with Crippen LogP contribution < -0.4 is 15.8 Å². The van der Waals surface area contributed by atoms with Gasteiger partial charge in [0, 0.05) is 23.7 Å². The molecule has 6 nitrogen and oxygen atoms in total. The van der Waals surface area contributed by atoms with Gasteiger partial charge in [-0.2, -0.15) is 0 Å². The number of anilines is 1. The topological polar surface area (TPSA) is 97.5 Å². The van der Waals surface area contributed by atoms with E-state index in [1.54, 1.807) is 25.3 Å². The molecule has 0 radical (unpaired) electrons. The molecular weight excluding hydrogens is 449 g/mol. The number of ether oxygens (including phenoxy) is 1. The van der Waals surface area contributed by atoms with Crippen molar-refractivity contribution < 1.29 is 14.6 Å². The molecule has 1 aromatic heterocycles. The number of halogens is 2. The molecular formula is C24H27Cl2N3O3. The fourth-order valence-electron chi connectivity index (χ4n) is 4.16. The lowest BCUT2D eigenvalue weighted by atomic mass is 9.91. The van der Waals surface area contributed by atoms with Crippen molar-refractivity contribution in [3.05, 3.63) is 47.1 Å². The molecule has 1 heterocycles. The molecule has 170 valence electrons. The van der Waals surface area contributed by atoms with Crippen molar-refractivity contribution in [2.45, 2.75) is 44.7 Å². The van der Waals surface area contributed by atoms with Gasteiger partial charge in [-0.05, 0) is 68.0 Å². The Morgan fingerprint density at radius 2 is 1.91 bits per heavy atom. The second kappa shape index (κ2) is 9.94. The van der Waals surface area contributed by atoms with Gasteiger partial charge in [-0.25, -0.2) is 0 Å². The molecule has 0 atom stereocenters. The summed E-state index contributed by atoms with van der Waals surface area (Å²) in [5.74, 6) is 0.173. The monoisotopic (exact) mass is 475 g/mol. The first kappa shape index (κ1) is 24.1. The number of nitrogens with two attached hydrogens (primary N) is 1.